The highest BCUT2D eigenvalue weighted by molar-refractivity contribution is 6.12. The zero-order chi connectivity index (χ0) is 7.72. The molecule has 0 spiro atoms. The third kappa shape index (κ3) is 1.51. The molecule has 1 aliphatic carbocycles. The Morgan fingerprint density at radius 3 is 2.20 bits per heavy atom. The fraction of sp³-hybridized carbons (Fsp3) is 1.00. The predicted octanol–water partition coefficient (Wildman–Crippen LogP) is -1.78. The van der Waals surface area contributed by atoms with Crippen LogP contribution >= 0.6 is 0 Å². The van der Waals surface area contributed by atoms with Crippen LogP contribution in [0.3, 0.4) is 0 Å². The first-order valence-corrected chi connectivity index (χ1v) is 3.80. The predicted molar refractivity (Wildman–Crippen MR) is 43.5 cm³/mol. The minimum atomic E-state index is -0.241. The highest BCUT2D eigenvalue weighted by Crippen LogP contribution is 2.24. The Balaban J connectivity index is 2.46. The van der Waals surface area contributed by atoms with Gasteiger partial charge >= 0.3 is 0 Å². The summed E-state index contributed by atoms with van der Waals surface area (Å²) >= 11 is 0. The summed E-state index contributed by atoms with van der Waals surface area (Å²) in [5.74, 6) is 0.315. The molecule has 1 aliphatic rings. The van der Waals surface area contributed by atoms with Crippen LogP contribution in [0.4, 0.5) is 0 Å². The SMILES string of the molecule is BC1CC(N)C(N)CC1O. The van der Waals surface area contributed by atoms with Crippen LogP contribution in [0.15, 0.2) is 0 Å². The molecule has 4 heteroatoms. The Kier molecular flexibility index (Phi) is 2.34. The monoisotopic (exact) mass is 142 g/mol. The van der Waals surface area contributed by atoms with Gasteiger partial charge in [0, 0.05) is 12.1 Å². The van der Waals surface area contributed by atoms with E-state index in [-0.39, 0.29) is 18.2 Å². The standard InChI is InChI=1S/C6H15BN2O/c7-3-1-4(8)5(9)2-6(3)10/h3-6,10H,1-2,7-9H2. The molecule has 3 nitrogen and oxygen atoms in total. The fourth-order valence-electron chi connectivity index (χ4n) is 1.45. The lowest BCUT2D eigenvalue weighted by Gasteiger charge is -2.33. The van der Waals surface area contributed by atoms with Crippen molar-refractivity contribution in [2.75, 3.05) is 0 Å². The molecule has 0 aromatic rings. The third-order valence-electron chi connectivity index (χ3n) is 2.36. The zero-order valence-electron chi connectivity index (χ0n) is 6.33. The Hall–Kier alpha value is -0.0551. The molecule has 0 saturated heterocycles. The van der Waals surface area contributed by atoms with Crippen LogP contribution < -0.4 is 11.5 Å². The molecule has 5 N–H and O–H groups in total. The van der Waals surface area contributed by atoms with Gasteiger partial charge in [0.15, 0.2) is 0 Å². The Morgan fingerprint density at radius 2 is 1.70 bits per heavy atom. The Labute approximate surface area is 62.2 Å². The molecule has 0 heterocycles. The van der Waals surface area contributed by atoms with E-state index in [4.69, 9.17) is 11.5 Å². The van der Waals surface area contributed by atoms with E-state index in [0.29, 0.717) is 12.2 Å². The number of hydrogen-bond donors (Lipinski definition) is 3. The van der Waals surface area contributed by atoms with Crippen molar-refractivity contribution in [1.29, 1.82) is 0 Å². The average Bonchev–Trinajstić information content (AvgIpc) is 1.84. The summed E-state index contributed by atoms with van der Waals surface area (Å²) in [5.41, 5.74) is 11.3. The molecule has 0 radical (unpaired) electrons. The van der Waals surface area contributed by atoms with Crippen molar-refractivity contribution >= 4 is 7.85 Å². The molecule has 4 unspecified atom stereocenters. The number of hydrogen-bond acceptors (Lipinski definition) is 3. The van der Waals surface area contributed by atoms with Gasteiger partial charge in [-0.1, -0.05) is 0 Å². The van der Waals surface area contributed by atoms with E-state index in [1.807, 2.05) is 7.85 Å². The number of nitrogens with two attached hydrogens (primary N) is 2. The van der Waals surface area contributed by atoms with Crippen LogP contribution in [-0.4, -0.2) is 31.1 Å². The maximum Gasteiger partial charge on any atom is 0.108 e. The first-order valence-electron chi connectivity index (χ1n) is 3.80. The van der Waals surface area contributed by atoms with Crippen LogP contribution in [0.2, 0.25) is 5.82 Å². The summed E-state index contributed by atoms with van der Waals surface area (Å²) in [6.07, 6.45) is 1.26. The minimum Gasteiger partial charge on any atom is -0.394 e. The zero-order valence-corrected chi connectivity index (χ0v) is 6.33. The number of rotatable bonds is 0. The van der Waals surface area contributed by atoms with Gasteiger partial charge in [0.2, 0.25) is 0 Å². The molecule has 0 aromatic heterocycles. The van der Waals surface area contributed by atoms with Gasteiger partial charge in [-0.2, -0.15) is 0 Å². The van der Waals surface area contributed by atoms with Gasteiger partial charge in [-0.25, -0.2) is 0 Å². The normalized spacial score (nSPS) is 49.1. The van der Waals surface area contributed by atoms with Crippen LogP contribution in [0.5, 0.6) is 0 Å². The second-order valence-electron chi connectivity index (χ2n) is 3.34. The topological polar surface area (TPSA) is 72.3 Å². The van der Waals surface area contributed by atoms with Crippen molar-refractivity contribution in [1.82, 2.24) is 0 Å². The highest BCUT2D eigenvalue weighted by Gasteiger charge is 2.29. The number of aliphatic hydroxyl groups is 1. The second kappa shape index (κ2) is 2.90. The first-order chi connectivity index (χ1) is 4.61. The fourth-order valence-corrected chi connectivity index (χ4v) is 1.45. The third-order valence-corrected chi connectivity index (χ3v) is 2.36. The summed E-state index contributed by atoms with van der Waals surface area (Å²) < 4.78 is 0. The van der Waals surface area contributed by atoms with E-state index in [1.54, 1.807) is 0 Å². The highest BCUT2D eigenvalue weighted by atomic mass is 16.3. The molecule has 0 aromatic carbocycles. The van der Waals surface area contributed by atoms with E-state index in [1.165, 1.54) is 0 Å². The minimum absolute atomic E-state index is 0.00815. The summed E-state index contributed by atoms with van der Waals surface area (Å²) in [6.45, 7) is 0. The Bertz CT molecular complexity index is 96.3. The van der Waals surface area contributed by atoms with Crippen LogP contribution in [0.25, 0.3) is 0 Å². The van der Waals surface area contributed by atoms with Crippen molar-refractivity contribution in [2.45, 2.75) is 36.8 Å². The van der Waals surface area contributed by atoms with Crippen LogP contribution in [0.1, 0.15) is 12.8 Å². The van der Waals surface area contributed by atoms with Gasteiger partial charge in [0.25, 0.3) is 0 Å². The van der Waals surface area contributed by atoms with Gasteiger partial charge in [-0.05, 0) is 18.7 Å². The lowest BCUT2D eigenvalue weighted by Crippen LogP contribution is -2.49. The molecule has 1 fully saturated rings. The maximum absolute atomic E-state index is 9.33. The van der Waals surface area contributed by atoms with Crippen molar-refractivity contribution < 1.29 is 5.11 Å². The molecule has 58 valence electrons. The molecule has 4 atom stereocenters. The van der Waals surface area contributed by atoms with E-state index in [0.717, 1.165) is 6.42 Å². The van der Waals surface area contributed by atoms with Gasteiger partial charge in [-0.3, -0.25) is 0 Å². The molecule has 0 bridgehead atoms. The summed E-state index contributed by atoms with van der Waals surface area (Å²) in [5, 5.41) is 9.33. The van der Waals surface area contributed by atoms with E-state index >= 15 is 0 Å². The largest absolute Gasteiger partial charge is 0.394 e. The van der Waals surface area contributed by atoms with E-state index < -0.39 is 0 Å². The van der Waals surface area contributed by atoms with Crippen molar-refractivity contribution in [3.63, 3.8) is 0 Å². The second-order valence-corrected chi connectivity index (χ2v) is 3.34. The van der Waals surface area contributed by atoms with Crippen LogP contribution in [0, 0.1) is 0 Å². The molecular weight excluding hydrogens is 127 g/mol. The molecule has 1 rings (SSSR count). The molecule has 10 heavy (non-hydrogen) atoms. The molecular formula is C6H15BN2O. The smallest absolute Gasteiger partial charge is 0.108 e. The maximum atomic E-state index is 9.33. The average molecular weight is 142 g/mol. The Morgan fingerprint density at radius 1 is 1.20 bits per heavy atom. The van der Waals surface area contributed by atoms with Gasteiger partial charge in [0.05, 0.1) is 6.10 Å². The van der Waals surface area contributed by atoms with Gasteiger partial charge in [0.1, 0.15) is 7.85 Å². The van der Waals surface area contributed by atoms with Crippen molar-refractivity contribution in [2.24, 2.45) is 11.5 Å². The van der Waals surface area contributed by atoms with E-state index in [2.05, 4.69) is 0 Å². The molecule has 0 amide bonds. The van der Waals surface area contributed by atoms with E-state index in [9.17, 15) is 5.11 Å². The van der Waals surface area contributed by atoms with Crippen molar-refractivity contribution in [3.05, 3.63) is 0 Å². The van der Waals surface area contributed by atoms with Crippen LogP contribution in [-0.2, 0) is 0 Å². The molecule has 0 aliphatic heterocycles. The first kappa shape index (κ1) is 8.05. The van der Waals surface area contributed by atoms with Gasteiger partial charge in [-0.15, -0.1) is 0 Å². The lowest BCUT2D eigenvalue weighted by atomic mass is 9.70. The number of aliphatic hydroxyl groups excluding tert-OH is 1. The quantitative estimate of drug-likeness (QED) is 0.350. The van der Waals surface area contributed by atoms with Gasteiger partial charge < -0.3 is 16.6 Å². The summed E-state index contributed by atoms with van der Waals surface area (Å²) in [4.78, 5) is 0. The molecule has 1 saturated carbocycles. The van der Waals surface area contributed by atoms with Crippen molar-refractivity contribution in [3.8, 4) is 0 Å². The summed E-state index contributed by atoms with van der Waals surface area (Å²) in [7, 11) is 2.01. The summed E-state index contributed by atoms with van der Waals surface area (Å²) in [6, 6.07) is 0.0737. The lowest BCUT2D eigenvalue weighted by molar-refractivity contribution is 0.113.